The molecule has 0 aliphatic carbocycles. The zero-order chi connectivity index (χ0) is 13.5. The second-order valence-electron chi connectivity index (χ2n) is 5.38. The first kappa shape index (κ1) is 15.7. The Morgan fingerprint density at radius 3 is 2.55 bits per heavy atom. The molecule has 7 nitrogen and oxygen atoms in total. The van der Waals surface area contributed by atoms with E-state index in [9.17, 15) is 8.42 Å². The third-order valence-electron chi connectivity index (χ3n) is 4.02. The van der Waals surface area contributed by atoms with Gasteiger partial charge in [0.15, 0.2) is 15.9 Å². The molecular formula is C11H18ClN3O4S. The molecule has 1 spiro atoms. The van der Waals surface area contributed by atoms with E-state index in [-0.39, 0.29) is 30.0 Å². The van der Waals surface area contributed by atoms with Gasteiger partial charge in [0.05, 0.1) is 31.2 Å². The number of quaternary nitrogens is 1. The predicted molar refractivity (Wildman–Crippen MR) is 66.1 cm³/mol. The van der Waals surface area contributed by atoms with Gasteiger partial charge >= 0.3 is 0 Å². The maximum Gasteiger partial charge on any atom is 0.223 e. The maximum absolute atomic E-state index is 11.6. The van der Waals surface area contributed by atoms with Crippen LogP contribution >= 0.6 is 0 Å². The molecule has 20 heavy (non-hydrogen) atoms. The summed E-state index contributed by atoms with van der Waals surface area (Å²) in [5, 5.41) is 3.91. The molecule has 0 bridgehead atoms. The zero-order valence-corrected chi connectivity index (χ0v) is 12.9. The summed E-state index contributed by atoms with van der Waals surface area (Å²) in [7, 11) is -2.84. The lowest BCUT2D eigenvalue weighted by Crippen LogP contribution is -3.00. The van der Waals surface area contributed by atoms with Crippen LogP contribution in [-0.2, 0) is 14.6 Å². The van der Waals surface area contributed by atoms with E-state index in [1.807, 2.05) is 0 Å². The van der Waals surface area contributed by atoms with Gasteiger partial charge in [0.1, 0.15) is 13.1 Å². The van der Waals surface area contributed by atoms with Gasteiger partial charge in [-0.2, -0.15) is 4.98 Å². The molecule has 2 fully saturated rings. The van der Waals surface area contributed by atoms with Gasteiger partial charge in [0, 0.05) is 6.92 Å². The van der Waals surface area contributed by atoms with Crippen molar-refractivity contribution in [3.8, 4) is 0 Å². The Kier molecular flexibility index (Phi) is 4.38. The fourth-order valence-electron chi connectivity index (χ4n) is 2.77. The third-order valence-corrected chi connectivity index (χ3v) is 5.63. The molecule has 0 N–H and O–H groups in total. The highest BCUT2D eigenvalue weighted by Crippen LogP contribution is 2.27. The number of aryl methyl sites for hydroxylation is 1. The van der Waals surface area contributed by atoms with E-state index < -0.39 is 9.84 Å². The molecule has 0 amide bonds. The van der Waals surface area contributed by atoms with Crippen LogP contribution in [0.4, 0.5) is 0 Å². The molecule has 1 aromatic heterocycles. The number of hydrogen-bond acceptors (Lipinski definition) is 6. The van der Waals surface area contributed by atoms with Gasteiger partial charge in [-0.15, -0.1) is 0 Å². The molecule has 0 radical (unpaired) electrons. The van der Waals surface area contributed by atoms with Gasteiger partial charge in [-0.3, -0.25) is 0 Å². The van der Waals surface area contributed by atoms with E-state index in [0.29, 0.717) is 31.4 Å². The van der Waals surface area contributed by atoms with Crippen LogP contribution in [-0.4, -0.2) is 67.3 Å². The highest BCUT2D eigenvalue weighted by molar-refractivity contribution is 7.91. The van der Waals surface area contributed by atoms with Crippen molar-refractivity contribution in [2.45, 2.75) is 13.0 Å². The minimum absolute atomic E-state index is 0. The molecule has 0 aromatic carbocycles. The smallest absolute Gasteiger partial charge is 0.223 e. The summed E-state index contributed by atoms with van der Waals surface area (Å²) in [4.78, 5) is 4.21. The molecule has 114 valence electrons. The molecule has 9 heteroatoms. The Balaban J connectivity index is 0.00000147. The summed E-state index contributed by atoms with van der Waals surface area (Å²) in [6.45, 7) is 5.28. The molecule has 2 aliphatic heterocycles. The quantitative estimate of drug-likeness (QED) is 0.504. The van der Waals surface area contributed by atoms with Crippen LogP contribution < -0.4 is 12.4 Å². The number of hydrogen-bond donors (Lipinski definition) is 0. The Morgan fingerprint density at radius 1 is 1.25 bits per heavy atom. The number of nitrogens with zero attached hydrogens (tertiary/aromatic N) is 3. The zero-order valence-electron chi connectivity index (χ0n) is 11.3. The Morgan fingerprint density at radius 2 is 1.95 bits per heavy atom. The summed E-state index contributed by atoms with van der Waals surface area (Å²) in [5.74, 6) is 1.63. The molecule has 1 aromatic rings. The average Bonchev–Trinajstić information content (AvgIpc) is 2.81. The van der Waals surface area contributed by atoms with Gasteiger partial charge in [-0.25, -0.2) is 8.42 Å². The average molecular weight is 324 g/mol. The lowest BCUT2D eigenvalue weighted by molar-refractivity contribution is -0.936. The van der Waals surface area contributed by atoms with Crippen molar-refractivity contribution in [3.63, 3.8) is 0 Å². The van der Waals surface area contributed by atoms with E-state index in [1.165, 1.54) is 0 Å². The fraction of sp³-hybridized carbons (Fsp3) is 0.818. The Labute approximate surface area is 124 Å². The maximum atomic E-state index is 11.6. The second kappa shape index (κ2) is 5.59. The first-order chi connectivity index (χ1) is 8.98. The molecule has 3 rings (SSSR count). The lowest BCUT2D eigenvalue weighted by atomic mass is 10.2. The molecular weight excluding hydrogens is 306 g/mol. The molecule has 2 saturated heterocycles. The minimum Gasteiger partial charge on any atom is -1.00 e. The van der Waals surface area contributed by atoms with Crippen molar-refractivity contribution in [1.82, 2.24) is 10.1 Å². The van der Waals surface area contributed by atoms with Gasteiger partial charge in [-0.05, 0) is 0 Å². The van der Waals surface area contributed by atoms with E-state index in [2.05, 4.69) is 10.1 Å². The number of aromatic nitrogens is 2. The van der Waals surface area contributed by atoms with Gasteiger partial charge < -0.3 is 26.2 Å². The van der Waals surface area contributed by atoms with Crippen molar-refractivity contribution < 1.29 is 34.6 Å². The van der Waals surface area contributed by atoms with Crippen LogP contribution in [0.15, 0.2) is 4.52 Å². The fourth-order valence-corrected chi connectivity index (χ4v) is 4.31. The number of rotatable bonds is 1. The van der Waals surface area contributed by atoms with Crippen molar-refractivity contribution in [2.75, 3.05) is 44.3 Å². The van der Waals surface area contributed by atoms with Crippen LogP contribution in [0.1, 0.15) is 17.8 Å². The largest absolute Gasteiger partial charge is 1.00 e. The summed E-state index contributed by atoms with van der Waals surface area (Å²) in [6.07, 6.45) is -0.188. The van der Waals surface area contributed by atoms with Crippen molar-refractivity contribution in [1.29, 1.82) is 0 Å². The highest BCUT2D eigenvalue weighted by atomic mass is 35.5. The predicted octanol–water partition coefficient (Wildman–Crippen LogP) is -3.30. The van der Waals surface area contributed by atoms with Crippen LogP contribution in [0.5, 0.6) is 0 Å². The highest BCUT2D eigenvalue weighted by Gasteiger charge is 2.42. The Bertz CT molecular complexity index is 560. The first-order valence-corrected chi connectivity index (χ1v) is 8.28. The van der Waals surface area contributed by atoms with Crippen LogP contribution in [0.25, 0.3) is 0 Å². The van der Waals surface area contributed by atoms with E-state index in [0.717, 1.165) is 17.6 Å². The van der Waals surface area contributed by atoms with Gasteiger partial charge in [0.2, 0.25) is 11.7 Å². The summed E-state index contributed by atoms with van der Waals surface area (Å²) < 4.78 is 34.6. The normalized spacial score (nSPS) is 27.9. The first-order valence-electron chi connectivity index (χ1n) is 6.45. The second-order valence-corrected chi connectivity index (χ2v) is 7.68. The van der Waals surface area contributed by atoms with Gasteiger partial charge in [0.25, 0.3) is 0 Å². The van der Waals surface area contributed by atoms with E-state index in [4.69, 9.17) is 9.26 Å². The van der Waals surface area contributed by atoms with E-state index in [1.54, 1.807) is 6.92 Å². The SMILES string of the molecule is Cc1nc(C2C[N+]3(CCO2)CCS(=O)(=O)CC3)no1.[Cl-]. The molecule has 0 saturated carbocycles. The molecule has 2 aliphatic rings. The van der Waals surface area contributed by atoms with E-state index >= 15 is 0 Å². The molecule has 1 unspecified atom stereocenters. The molecule has 1 atom stereocenters. The number of ether oxygens (including phenoxy) is 1. The number of halogens is 1. The number of sulfone groups is 1. The summed E-state index contributed by atoms with van der Waals surface area (Å²) in [6, 6.07) is 0. The number of morpholine rings is 1. The van der Waals surface area contributed by atoms with Crippen molar-refractivity contribution in [2.24, 2.45) is 0 Å². The van der Waals surface area contributed by atoms with Crippen LogP contribution in [0, 0.1) is 6.92 Å². The lowest BCUT2D eigenvalue weighted by Gasteiger charge is -2.45. The van der Waals surface area contributed by atoms with Gasteiger partial charge in [-0.1, -0.05) is 5.16 Å². The summed E-state index contributed by atoms with van der Waals surface area (Å²) >= 11 is 0. The van der Waals surface area contributed by atoms with Crippen molar-refractivity contribution in [3.05, 3.63) is 11.7 Å². The molecule has 3 heterocycles. The Hall–Kier alpha value is -0.700. The van der Waals surface area contributed by atoms with Crippen LogP contribution in [0.2, 0.25) is 0 Å². The summed E-state index contributed by atoms with van der Waals surface area (Å²) in [5.41, 5.74) is 0. The monoisotopic (exact) mass is 323 g/mol. The standard InChI is InChI=1S/C11H18N3O4S.ClH/c1-9-12-11(13-18-9)10-8-14(2-5-17-10)3-6-19(15,16)7-4-14;/h10H,2-8H2,1H3;1H/q+1;/p-1. The third kappa shape index (κ3) is 3.13. The topological polar surface area (TPSA) is 82.3 Å². The van der Waals surface area contributed by atoms with Crippen LogP contribution in [0.3, 0.4) is 0 Å². The van der Waals surface area contributed by atoms with Crippen molar-refractivity contribution >= 4 is 9.84 Å². The minimum atomic E-state index is -2.84.